The molecule has 0 aromatic heterocycles. The van der Waals surface area contributed by atoms with Gasteiger partial charge in [-0.2, -0.15) is 4.31 Å². The van der Waals surface area contributed by atoms with Gasteiger partial charge in [0, 0.05) is 39.4 Å². The smallest absolute Gasteiger partial charge is 0.261 e. The molecule has 38 heavy (non-hydrogen) atoms. The Morgan fingerprint density at radius 3 is 2.42 bits per heavy atom. The zero-order valence-electron chi connectivity index (χ0n) is 22.0. The Labute approximate surface area is 224 Å². The van der Waals surface area contributed by atoms with Crippen LogP contribution < -0.4 is 10.1 Å². The quantitative estimate of drug-likeness (QED) is 0.360. The van der Waals surface area contributed by atoms with E-state index in [1.54, 1.807) is 6.92 Å². The van der Waals surface area contributed by atoms with Gasteiger partial charge >= 0.3 is 0 Å². The van der Waals surface area contributed by atoms with Crippen molar-refractivity contribution in [1.82, 2.24) is 14.5 Å². The summed E-state index contributed by atoms with van der Waals surface area (Å²) in [7, 11) is -3.62. The Morgan fingerprint density at radius 2 is 1.76 bits per heavy atom. The number of ether oxygens (including phenoxy) is 3. The Hall–Kier alpha value is -2.99. The summed E-state index contributed by atoms with van der Waals surface area (Å²) < 4.78 is 43.2. The number of hydrogen-bond acceptors (Lipinski definition) is 7. The van der Waals surface area contributed by atoms with Crippen molar-refractivity contribution in [1.29, 1.82) is 0 Å². The van der Waals surface area contributed by atoms with Crippen LogP contribution in [0.25, 0.3) is 0 Å². The van der Waals surface area contributed by atoms with E-state index in [2.05, 4.69) is 5.32 Å². The molecule has 1 saturated heterocycles. The molecule has 0 unspecified atom stereocenters. The molecule has 0 aliphatic carbocycles. The highest BCUT2D eigenvalue weighted by atomic mass is 32.2. The van der Waals surface area contributed by atoms with Crippen molar-refractivity contribution in [2.24, 2.45) is 0 Å². The summed E-state index contributed by atoms with van der Waals surface area (Å²) >= 11 is 0. The highest BCUT2D eigenvalue weighted by Gasteiger charge is 2.28. The van der Waals surface area contributed by atoms with E-state index in [0.717, 1.165) is 5.56 Å². The van der Waals surface area contributed by atoms with E-state index in [1.807, 2.05) is 37.3 Å². The fourth-order valence-corrected chi connectivity index (χ4v) is 5.32. The fraction of sp³-hybridized carbons (Fsp3) is 0.481. The summed E-state index contributed by atoms with van der Waals surface area (Å²) in [5, 5.41) is 2.86. The van der Waals surface area contributed by atoms with Crippen LogP contribution in [0.4, 0.5) is 0 Å². The van der Waals surface area contributed by atoms with Gasteiger partial charge in [-0.3, -0.25) is 9.59 Å². The third-order valence-electron chi connectivity index (χ3n) is 6.13. The maximum absolute atomic E-state index is 13.2. The van der Waals surface area contributed by atoms with Crippen molar-refractivity contribution in [3.63, 3.8) is 0 Å². The predicted molar refractivity (Wildman–Crippen MR) is 142 cm³/mol. The van der Waals surface area contributed by atoms with E-state index in [9.17, 15) is 18.0 Å². The van der Waals surface area contributed by atoms with E-state index < -0.39 is 16.1 Å². The number of hydrogen-bond donors (Lipinski definition) is 1. The average Bonchev–Trinajstić information content (AvgIpc) is 2.95. The number of nitrogens with one attached hydrogen (secondary N) is 1. The molecule has 3 rings (SSSR count). The second kappa shape index (κ2) is 14.8. The van der Waals surface area contributed by atoms with Crippen molar-refractivity contribution in [3.05, 3.63) is 60.2 Å². The molecule has 1 aliphatic rings. The van der Waals surface area contributed by atoms with Gasteiger partial charge in [-0.1, -0.05) is 30.3 Å². The lowest BCUT2D eigenvalue weighted by Crippen LogP contribution is -2.49. The largest absolute Gasteiger partial charge is 0.484 e. The van der Waals surface area contributed by atoms with Gasteiger partial charge in [-0.15, -0.1) is 0 Å². The number of morpholine rings is 1. The van der Waals surface area contributed by atoms with Crippen molar-refractivity contribution < 1.29 is 32.2 Å². The summed E-state index contributed by atoms with van der Waals surface area (Å²) in [5.41, 5.74) is 0.884. The van der Waals surface area contributed by atoms with Gasteiger partial charge in [0.15, 0.2) is 6.61 Å². The minimum absolute atomic E-state index is 0.151. The molecule has 1 heterocycles. The van der Waals surface area contributed by atoms with Crippen LogP contribution in [0.1, 0.15) is 25.8 Å². The molecule has 2 aromatic rings. The summed E-state index contributed by atoms with van der Waals surface area (Å²) in [6.07, 6.45) is 0.680. The molecule has 1 N–H and O–H groups in total. The summed E-state index contributed by atoms with van der Waals surface area (Å²) in [4.78, 5) is 27.6. The van der Waals surface area contributed by atoms with Crippen LogP contribution in [0, 0.1) is 0 Å². The zero-order chi connectivity index (χ0) is 27.4. The van der Waals surface area contributed by atoms with Gasteiger partial charge in [-0.05, 0) is 50.1 Å². The summed E-state index contributed by atoms with van der Waals surface area (Å²) in [6.45, 7) is 6.52. The Balaban J connectivity index is 1.62. The minimum Gasteiger partial charge on any atom is -0.484 e. The normalized spacial score (nSPS) is 15.0. The number of rotatable bonds is 14. The number of carbonyl (C=O) groups excluding carboxylic acids is 2. The SMILES string of the molecule is CCOCCCNC(=O)[C@@H](C)N(Cc1ccccc1)C(=O)COc1ccc(S(=O)(=O)N2CCOCC2)cc1. The maximum Gasteiger partial charge on any atom is 0.261 e. The number of benzene rings is 2. The maximum atomic E-state index is 13.2. The second-order valence-corrected chi connectivity index (χ2v) is 10.7. The van der Waals surface area contributed by atoms with E-state index in [-0.39, 0.29) is 29.9 Å². The topological polar surface area (TPSA) is 114 Å². The van der Waals surface area contributed by atoms with E-state index >= 15 is 0 Å². The van der Waals surface area contributed by atoms with Crippen molar-refractivity contribution in [2.45, 2.75) is 37.8 Å². The monoisotopic (exact) mass is 547 g/mol. The molecule has 2 amide bonds. The summed E-state index contributed by atoms with van der Waals surface area (Å²) in [6, 6.07) is 14.7. The van der Waals surface area contributed by atoms with E-state index in [0.29, 0.717) is 58.2 Å². The molecule has 0 saturated carbocycles. The van der Waals surface area contributed by atoms with Crippen LogP contribution in [0.2, 0.25) is 0 Å². The minimum atomic E-state index is -3.62. The first-order valence-corrected chi connectivity index (χ1v) is 14.3. The third-order valence-corrected chi connectivity index (χ3v) is 8.04. The molecule has 1 atom stereocenters. The number of amides is 2. The lowest BCUT2D eigenvalue weighted by molar-refractivity contribution is -0.142. The molecule has 1 fully saturated rings. The van der Waals surface area contributed by atoms with Crippen LogP contribution in [-0.4, -0.2) is 88.1 Å². The van der Waals surface area contributed by atoms with Crippen LogP contribution in [-0.2, 0) is 35.6 Å². The van der Waals surface area contributed by atoms with E-state index in [1.165, 1.54) is 33.5 Å². The lowest BCUT2D eigenvalue weighted by atomic mass is 10.1. The highest BCUT2D eigenvalue weighted by Crippen LogP contribution is 2.21. The van der Waals surface area contributed by atoms with Crippen molar-refractivity contribution in [2.75, 3.05) is 52.7 Å². The molecule has 1 aliphatic heterocycles. The molecule has 10 nitrogen and oxygen atoms in total. The highest BCUT2D eigenvalue weighted by molar-refractivity contribution is 7.89. The molecule has 11 heteroatoms. The zero-order valence-corrected chi connectivity index (χ0v) is 22.8. The Morgan fingerprint density at radius 1 is 1.08 bits per heavy atom. The average molecular weight is 548 g/mol. The molecule has 0 spiro atoms. The molecule has 2 aromatic carbocycles. The van der Waals surface area contributed by atoms with Gasteiger partial charge in [0.1, 0.15) is 11.8 Å². The molecule has 208 valence electrons. The lowest BCUT2D eigenvalue weighted by Gasteiger charge is -2.29. The van der Waals surface area contributed by atoms with Crippen molar-refractivity contribution in [3.8, 4) is 5.75 Å². The molecule has 0 bridgehead atoms. The van der Waals surface area contributed by atoms with Gasteiger partial charge in [0.25, 0.3) is 5.91 Å². The van der Waals surface area contributed by atoms with Gasteiger partial charge in [-0.25, -0.2) is 8.42 Å². The second-order valence-electron chi connectivity index (χ2n) is 8.80. The van der Waals surface area contributed by atoms with Gasteiger partial charge < -0.3 is 24.4 Å². The Kier molecular flexibility index (Phi) is 11.5. The van der Waals surface area contributed by atoms with Crippen molar-refractivity contribution >= 4 is 21.8 Å². The van der Waals surface area contributed by atoms with E-state index in [4.69, 9.17) is 14.2 Å². The first-order valence-electron chi connectivity index (χ1n) is 12.8. The van der Waals surface area contributed by atoms with Gasteiger partial charge in [0.05, 0.1) is 18.1 Å². The van der Waals surface area contributed by atoms with Crippen LogP contribution >= 0.6 is 0 Å². The molecular weight excluding hydrogens is 510 g/mol. The predicted octanol–water partition coefficient (Wildman–Crippen LogP) is 2.05. The summed E-state index contributed by atoms with van der Waals surface area (Å²) in [5.74, 6) is -0.272. The third kappa shape index (κ3) is 8.52. The standard InChI is InChI=1S/C27H37N3O7S/c1-3-35-17-7-14-28-27(32)22(2)30(20-23-8-5-4-6-9-23)26(31)21-37-24-10-12-25(13-11-24)38(33,34)29-15-18-36-19-16-29/h4-6,8-13,22H,3,7,14-21H2,1-2H3,(H,28,32)/t22-/m1/s1. The fourth-order valence-electron chi connectivity index (χ4n) is 3.91. The first kappa shape index (κ1) is 29.6. The number of carbonyl (C=O) groups is 2. The Bertz CT molecular complexity index is 1120. The number of nitrogens with zero attached hydrogens (tertiary/aromatic N) is 2. The van der Waals surface area contributed by atoms with Gasteiger partial charge in [0.2, 0.25) is 15.9 Å². The first-order chi connectivity index (χ1) is 18.3. The van der Waals surface area contributed by atoms with Crippen LogP contribution in [0.15, 0.2) is 59.5 Å². The van der Waals surface area contributed by atoms with Crippen LogP contribution in [0.5, 0.6) is 5.75 Å². The molecular formula is C27H37N3O7S. The number of sulfonamides is 1. The molecule has 0 radical (unpaired) electrons. The van der Waals surface area contributed by atoms with Crippen LogP contribution in [0.3, 0.4) is 0 Å².